The van der Waals surface area contributed by atoms with Gasteiger partial charge >= 0.3 is 0 Å². The minimum atomic E-state index is -0.0979. The van der Waals surface area contributed by atoms with Crippen molar-refractivity contribution < 1.29 is 9.59 Å². The predicted molar refractivity (Wildman–Crippen MR) is 130 cm³/mol. The highest BCUT2D eigenvalue weighted by molar-refractivity contribution is 7.80. The van der Waals surface area contributed by atoms with E-state index in [1.54, 1.807) is 24.3 Å². The number of benzene rings is 2. The normalized spacial score (nSPS) is 13.8. The first-order chi connectivity index (χ1) is 14.8. The van der Waals surface area contributed by atoms with Crippen LogP contribution in [0, 0.1) is 5.92 Å². The molecular formula is C23H27ClN4O2S. The highest BCUT2D eigenvalue weighted by Crippen LogP contribution is 2.27. The number of piperazine rings is 1. The molecule has 2 N–H and O–H groups in total. The molecule has 1 heterocycles. The van der Waals surface area contributed by atoms with E-state index < -0.39 is 0 Å². The van der Waals surface area contributed by atoms with Gasteiger partial charge in [0, 0.05) is 43.2 Å². The first kappa shape index (κ1) is 23.0. The molecule has 0 aliphatic carbocycles. The van der Waals surface area contributed by atoms with Gasteiger partial charge in [0.05, 0.1) is 11.4 Å². The van der Waals surface area contributed by atoms with Crippen molar-refractivity contribution in [2.24, 2.45) is 5.92 Å². The molecule has 1 aliphatic rings. The fourth-order valence-electron chi connectivity index (χ4n) is 3.48. The van der Waals surface area contributed by atoms with E-state index in [9.17, 15) is 9.59 Å². The van der Waals surface area contributed by atoms with Gasteiger partial charge in [-0.1, -0.05) is 37.6 Å². The number of carbonyl (C=O) groups is 2. The average Bonchev–Trinajstić information content (AvgIpc) is 2.73. The summed E-state index contributed by atoms with van der Waals surface area (Å²) in [6, 6.07) is 14.8. The highest BCUT2D eigenvalue weighted by Gasteiger charge is 2.23. The zero-order valence-corrected chi connectivity index (χ0v) is 19.3. The van der Waals surface area contributed by atoms with Gasteiger partial charge in [-0.05, 0) is 54.5 Å². The maximum absolute atomic E-state index is 12.7. The SMILES string of the molecule is CC(C)CC(=O)NC(=S)Nc1ccccc1N1CCN(C(=O)c2ccc(Cl)cc2)CC1. The summed E-state index contributed by atoms with van der Waals surface area (Å²) in [6.07, 6.45) is 0.424. The number of hydrogen-bond acceptors (Lipinski definition) is 4. The van der Waals surface area contributed by atoms with E-state index in [0.29, 0.717) is 43.2 Å². The Balaban J connectivity index is 1.60. The number of amides is 2. The fraction of sp³-hybridized carbons (Fsp3) is 0.348. The number of rotatable bonds is 5. The Labute approximate surface area is 193 Å². The summed E-state index contributed by atoms with van der Waals surface area (Å²) < 4.78 is 0. The van der Waals surface area contributed by atoms with Crippen LogP contribution in [0.2, 0.25) is 5.02 Å². The number of nitrogens with one attached hydrogen (secondary N) is 2. The second-order valence-corrected chi connectivity index (χ2v) is 8.75. The minimum absolute atomic E-state index is 0.0109. The standard InChI is InChI=1S/C23H27ClN4O2S/c1-16(2)15-21(29)26-23(31)25-19-5-3-4-6-20(19)27-11-13-28(14-12-27)22(30)17-7-9-18(24)10-8-17/h3-10,16H,11-15H2,1-2H3,(H2,25,26,29,31). The van der Waals surface area contributed by atoms with Crippen LogP contribution in [0.15, 0.2) is 48.5 Å². The molecule has 31 heavy (non-hydrogen) atoms. The molecule has 0 bridgehead atoms. The van der Waals surface area contributed by atoms with E-state index >= 15 is 0 Å². The zero-order chi connectivity index (χ0) is 22.4. The van der Waals surface area contributed by atoms with Crippen LogP contribution in [0.3, 0.4) is 0 Å². The average molecular weight is 459 g/mol. The van der Waals surface area contributed by atoms with E-state index in [2.05, 4.69) is 15.5 Å². The molecule has 0 spiro atoms. The van der Waals surface area contributed by atoms with Crippen molar-refractivity contribution in [3.63, 3.8) is 0 Å². The molecule has 0 atom stereocenters. The molecule has 164 valence electrons. The second-order valence-electron chi connectivity index (χ2n) is 7.90. The topological polar surface area (TPSA) is 64.7 Å². The van der Waals surface area contributed by atoms with Gasteiger partial charge in [0.1, 0.15) is 0 Å². The lowest BCUT2D eigenvalue weighted by molar-refractivity contribution is -0.120. The summed E-state index contributed by atoms with van der Waals surface area (Å²) in [5.74, 6) is 0.179. The van der Waals surface area contributed by atoms with Crippen LogP contribution in [-0.2, 0) is 4.79 Å². The van der Waals surface area contributed by atoms with Crippen LogP contribution >= 0.6 is 23.8 Å². The summed E-state index contributed by atoms with van der Waals surface area (Å²) in [7, 11) is 0. The molecular weight excluding hydrogens is 432 g/mol. The molecule has 6 nitrogen and oxygen atoms in total. The molecule has 1 saturated heterocycles. The smallest absolute Gasteiger partial charge is 0.253 e. The Kier molecular flexibility index (Phi) is 7.87. The molecule has 3 rings (SSSR count). The van der Waals surface area contributed by atoms with Crippen molar-refractivity contribution in [1.82, 2.24) is 10.2 Å². The Morgan fingerprint density at radius 3 is 2.32 bits per heavy atom. The van der Waals surface area contributed by atoms with Crippen molar-refractivity contribution >= 4 is 52.1 Å². The molecule has 2 aromatic rings. The van der Waals surface area contributed by atoms with E-state index in [4.69, 9.17) is 23.8 Å². The summed E-state index contributed by atoms with van der Waals surface area (Å²) in [6.45, 7) is 6.61. The quantitative estimate of drug-likeness (QED) is 0.658. The number of carbonyl (C=O) groups excluding carboxylic acids is 2. The first-order valence-corrected chi connectivity index (χ1v) is 11.1. The third-order valence-corrected chi connectivity index (χ3v) is 5.45. The highest BCUT2D eigenvalue weighted by atomic mass is 35.5. The van der Waals surface area contributed by atoms with Crippen LogP contribution in [0.5, 0.6) is 0 Å². The molecule has 1 aliphatic heterocycles. The molecule has 0 unspecified atom stereocenters. The van der Waals surface area contributed by atoms with Crippen LogP contribution in [-0.4, -0.2) is 48.0 Å². The fourth-order valence-corrected chi connectivity index (χ4v) is 3.83. The summed E-state index contributed by atoms with van der Waals surface area (Å²) in [5.41, 5.74) is 2.46. The van der Waals surface area contributed by atoms with E-state index in [0.717, 1.165) is 11.4 Å². The number of nitrogens with zero attached hydrogens (tertiary/aromatic N) is 2. The molecule has 1 fully saturated rings. The van der Waals surface area contributed by atoms with Gasteiger partial charge < -0.3 is 20.4 Å². The Bertz CT molecular complexity index is 941. The lowest BCUT2D eigenvalue weighted by atomic mass is 10.1. The Morgan fingerprint density at radius 2 is 1.68 bits per heavy atom. The number of para-hydroxylation sites is 2. The third kappa shape index (κ3) is 6.42. The van der Waals surface area contributed by atoms with Crippen molar-refractivity contribution in [1.29, 1.82) is 0 Å². The number of halogens is 1. The molecule has 0 radical (unpaired) electrons. The van der Waals surface area contributed by atoms with Gasteiger partial charge in [-0.15, -0.1) is 0 Å². The summed E-state index contributed by atoms with van der Waals surface area (Å²) in [4.78, 5) is 28.8. The lowest BCUT2D eigenvalue weighted by Crippen LogP contribution is -2.49. The van der Waals surface area contributed by atoms with Gasteiger partial charge in [0.2, 0.25) is 5.91 Å². The minimum Gasteiger partial charge on any atom is -0.366 e. The first-order valence-electron chi connectivity index (χ1n) is 10.3. The van der Waals surface area contributed by atoms with E-state index in [-0.39, 0.29) is 22.8 Å². The van der Waals surface area contributed by atoms with Crippen molar-refractivity contribution in [2.45, 2.75) is 20.3 Å². The van der Waals surface area contributed by atoms with Gasteiger partial charge in [0.15, 0.2) is 5.11 Å². The summed E-state index contributed by atoms with van der Waals surface area (Å²) in [5, 5.41) is 6.78. The largest absolute Gasteiger partial charge is 0.366 e. The van der Waals surface area contributed by atoms with Crippen molar-refractivity contribution in [3.8, 4) is 0 Å². The maximum atomic E-state index is 12.7. The molecule has 2 amide bonds. The lowest BCUT2D eigenvalue weighted by Gasteiger charge is -2.37. The monoisotopic (exact) mass is 458 g/mol. The van der Waals surface area contributed by atoms with Crippen molar-refractivity contribution in [3.05, 3.63) is 59.1 Å². The van der Waals surface area contributed by atoms with Crippen LogP contribution in [0.25, 0.3) is 0 Å². The predicted octanol–water partition coefficient (Wildman–Crippen LogP) is 4.16. The molecule has 8 heteroatoms. The van der Waals surface area contributed by atoms with Gasteiger partial charge in [-0.25, -0.2) is 0 Å². The van der Waals surface area contributed by atoms with Crippen LogP contribution in [0.4, 0.5) is 11.4 Å². The maximum Gasteiger partial charge on any atom is 0.253 e. The van der Waals surface area contributed by atoms with Crippen LogP contribution in [0.1, 0.15) is 30.6 Å². The van der Waals surface area contributed by atoms with Crippen molar-refractivity contribution in [2.75, 3.05) is 36.4 Å². The van der Waals surface area contributed by atoms with Gasteiger partial charge in [-0.2, -0.15) is 0 Å². The van der Waals surface area contributed by atoms with Gasteiger partial charge in [0.25, 0.3) is 5.91 Å². The second kappa shape index (κ2) is 10.6. The molecule has 0 aromatic heterocycles. The summed E-state index contributed by atoms with van der Waals surface area (Å²) >= 11 is 11.2. The number of anilines is 2. The Hall–Kier alpha value is -2.64. The molecule has 0 saturated carbocycles. The van der Waals surface area contributed by atoms with E-state index in [1.165, 1.54) is 0 Å². The molecule has 2 aromatic carbocycles. The zero-order valence-electron chi connectivity index (χ0n) is 17.7. The van der Waals surface area contributed by atoms with Gasteiger partial charge in [-0.3, -0.25) is 9.59 Å². The van der Waals surface area contributed by atoms with Crippen LogP contribution < -0.4 is 15.5 Å². The Morgan fingerprint density at radius 1 is 1.03 bits per heavy atom. The van der Waals surface area contributed by atoms with E-state index in [1.807, 2.05) is 43.0 Å². The third-order valence-electron chi connectivity index (χ3n) is 5.00. The number of hydrogen-bond donors (Lipinski definition) is 2. The number of thiocarbonyl (C=S) groups is 1.